The molecule has 0 bridgehead atoms. The van der Waals surface area contributed by atoms with Gasteiger partial charge in [-0.15, -0.1) is 0 Å². The number of aliphatic carboxylic acids is 1. The first-order chi connectivity index (χ1) is 10.0. The third-order valence-electron chi connectivity index (χ3n) is 2.53. The molecule has 21 heavy (non-hydrogen) atoms. The predicted molar refractivity (Wildman–Crippen MR) is 76.0 cm³/mol. The van der Waals surface area contributed by atoms with Crippen LogP contribution in [-0.4, -0.2) is 17.0 Å². The Morgan fingerprint density at radius 3 is 2.67 bits per heavy atom. The summed E-state index contributed by atoms with van der Waals surface area (Å²) in [6, 6.07) is 9.18. The molecule has 2 rings (SSSR count). The second kappa shape index (κ2) is 6.33. The Kier molecular flexibility index (Phi) is 4.30. The van der Waals surface area contributed by atoms with Gasteiger partial charge in [0.2, 0.25) is 0 Å². The fourth-order valence-electron chi connectivity index (χ4n) is 1.58. The van der Waals surface area contributed by atoms with Gasteiger partial charge in [0.15, 0.2) is 0 Å². The lowest BCUT2D eigenvalue weighted by Gasteiger charge is -2.05. The number of carboxylic acid groups (broad SMARTS) is 1. The number of hydrogen-bond acceptors (Lipinski definition) is 4. The lowest BCUT2D eigenvalue weighted by molar-refractivity contribution is -0.131. The first-order valence-corrected chi connectivity index (χ1v) is 5.96. The van der Waals surface area contributed by atoms with Gasteiger partial charge in [0.05, 0.1) is 5.56 Å². The smallest absolute Gasteiger partial charge is 0.335 e. The van der Waals surface area contributed by atoms with Crippen LogP contribution in [0.3, 0.4) is 0 Å². The Labute approximate surface area is 119 Å². The third-order valence-corrected chi connectivity index (χ3v) is 2.53. The van der Waals surface area contributed by atoms with E-state index in [0.717, 1.165) is 18.4 Å². The summed E-state index contributed by atoms with van der Waals surface area (Å²) in [7, 11) is 0. The zero-order valence-corrected chi connectivity index (χ0v) is 10.8. The summed E-state index contributed by atoms with van der Waals surface area (Å²) in [5.74, 6) is -1.48. The van der Waals surface area contributed by atoms with E-state index in [1.54, 1.807) is 24.3 Å². The Hall–Kier alpha value is -3.15. The predicted octanol–water partition coefficient (Wildman–Crippen LogP) is 1.99. The van der Waals surface area contributed by atoms with Crippen LogP contribution >= 0.6 is 0 Å². The molecule has 2 N–H and O–H groups in total. The maximum atomic E-state index is 11.9. The van der Waals surface area contributed by atoms with Crippen molar-refractivity contribution in [3.63, 3.8) is 0 Å². The molecule has 1 amide bonds. The van der Waals surface area contributed by atoms with E-state index in [1.165, 1.54) is 12.1 Å². The van der Waals surface area contributed by atoms with Crippen molar-refractivity contribution in [3.05, 3.63) is 70.3 Å². The van der Waals surface area contributed by atoms with Crippen molar-refractivity contribution in [1.29, 1.82) is 0 Å². The molecule has 0 unspecified atom stereocenters. The standard InChI is InChI=1S/C15H11NO5/c17-13(18)6-4-10-2-1-3-12(8-10)16-15(20)11-5-7-14(19)21-9-11/h1-9H,(H,16,20)(H,17,18)/b6-4+. The van der Waals surface area contributed by atoms with Gasteiger partial charge in [-0.25, -0.2) is 9.59 Å². The molecule has 106 valence electrons. The lowest BCUT2D eigenvalue weighted by atomic mass is 10.2. The minimum Gasteiger partial charge on any atom is -0.478 e. The molecular weight excluding hydrogens is 274 g/mol. The normalized spacial score (nSPS) is 10.5. The van der Waals surface area contributed by atoms with Crippen LogP contribution in [0.1, 0.15) is 15.9 Å². The maximum absolute atomic E-state index is 11.9. The number of carboxylic acids is 1. The monoisotopic (exact) mass is 285 g/mol. The van der Waals surface area contributed by atoms with E-state index in [1.807, 2.05) is 0 Å². The zero-order valence-electron chi connectivity index (χ0n) is 10.8. The van der Waals surface area contributed by atoms with Gasteiger partial charge in [-0.3, -0.25) is 4.79 Å². The fourth-order valence-corrected chi connectivity index (χ4v) is 1.58. The molecule has 2 aromatic rings. The highest BCUT2D eigenvalue weighted by Crippen LogP contribution is 2.13. The lowest BCUT2D eigenvalue weighted by Crippen LogP contribution is -2.12. The van der Waals surface area contributed by atoms with Crippen molar-refractivity contribution in [1.82, 2.24) is 0 Å². The highest BCUT2D eigenvalue weighted by molar-refractivity contribution is 6.04. The van der Waals surface area contributed by atoms with E-state index in [9.17, 15) is 14.4 Å². The molecule has 0 atom stereocenters. The molecule has 0 aliphatic carbocycles. The van der Waals surface area contributed by atoms with Gasteiger partial charge >= 0.3 is 11.6 Å². The number of benzene rings is 1. The highest BCUT2D eigenvalue weighted by Gasteiger charge is 2.07. The number of nitrogens with one attached hydrogen (secondary N) is 1. The van der Waals surface area contributed by atoms with Crippen molar-refractivity contribution < 1.29 is 19.1 Å². The minimum absolute atomic E-state index is 0.209. The van der Waals surface area contributed by atoms with E-state index in [-0.39, 0.29) is 5.56 Å². The van der Waals surface area contributed by atoms with Crippen molar-refractivity contribution >= 4 is 23.6 Å². The molecule has 0 saturated heterocycles. The molecular formula is C15H11NO5. The minimum atomic E-state index is -1.05. The van der Waals surface area contributed by atoms with Crippen LogP contribution in [0, 0.1) is 0 Å². The van der Waals surface area contributed by atoms with Crippen molar-refractivity contribution in [3.8, 4) is 0 Å². The molecule has 0 aliphatic heterocycles. The van der Waals surface area contributed by atoms with Crippen LogP contribution in [0.25, 0.3) is 6.08 Å². The average Bonchev–Trinajstić information content (AvgIpc) is 2.46. The number of hydrogen-bond donors (Lipinski definition) is 2. The largest absolute Gasteiger partial charge is 0.478 e. The Morgan fingerprint density at radius 2 is 2.00 bits per heavy atom. The van der Waals surface area contributed by atoms with Gasteiger partial charge in [0.25, 0.3) is 5.91 Å². The third kappa shape index (κ3) is 4.17. The van der Waals surface area contributed by atoms with Crippen LogP contribution in [0.2, 0.25) is 0 Å². The summed E-state index contributed by atoms with van der Waals surface area (Å²) >= 11 is 0. The molecule has 0 radical (unpaired) electrons. The van der Waals surface area contributed by atoms with E-state index >= 15 is 0 Å². The second-order valence-electron chi connectivity index (χ2n) is 4.09. The Balaban J connectivity index is 2.14. The molecule has 1 heterocycles. The van der Waals surface area contributed by atoms with Gasteiger partial charge in [-0.1, -0.05) is 12.1 Å². The van der Waals surface area contributed by atoms with Gasteiger partial charge < -0.3 is 14.8 Å². The Morgan fingerprint density at radius 1 is 1.19 bits per heavy atom. The summed E-state index contributed by atoms with van der Waals surface area (Å²) in [5.41, 5.74) is 0.807. The molecule has 0 aliphatic rings. The van der Waals surface area contributed by atoms with E-state index in [4.69, 9.17) is 5.11 Å². The van der Waals surface area contributed by atoms with Crippen LogP contribution in [0.5, 0.6) is 0 Å². The maximum Gasteiger partial charge on any atom is 0.335 e. The second-order valence-corrected chi connectivity index (χ2v) is 4.09. The fraction of sp³-hybridized carbons (Fsp3) is 0. The first-order valence-electron chi connectivity index (χ1n) is 5.96. The number of carbonyl (C=O) groups excluding carboxylic acids is 1. The van der Waals surface area contributed by atoms with Crippen molar-refractivity contribution in [2.24, 2.45) is 0 Å². The van der Waals surface area contributed by atoms with Crippen LogP contribution in [0.4, 0.5) is 5.69 Å². The summed E-state index contributed by atoms with van der Waals surface area (Å²) in [6.07, 6.45) is 3.50. The van der Waals surface area contributed by atoms with Gasteiger partial charge in [0.1, 0.15) is 6.26 Å². The topological polar surface area (TPSA) is 96.6 Å². The Bertz CT molecular complexity index is 740. The summed E-state index contributed by atoms with van der Waals surface area (Å²) in [6.45, 7) is 0. The van der Waals surface area contributed by atoms with Gasteiger partial charge in [-0.2, -0.15) is 0 Å². The zero-order chi connectivity index (χ0) is 15.2. The van der Waals surface area contributed by atoms with Crippen LogP contribution in [-0.2, 0) is 4.79 Å². The highest BCUT2D eigenvalue weighted by atomic mass is 16.4. The molecule has 6 nitrogen and oxygen atoms in total. The van der Waals surface area contributed by atoms with Crippen molar-refractivity contribution in [2.45, 2.75) is 0 Å². The molecule has 1 aromatic heterocycles. The number of anilines is 1. The average molecular weight is 285 g/mol. The van der Waals surface area contributed by atoms with E-state index in [0.29, 0.717) is 11.3 Å². The number of carbonyl (C=O) groups is 2. The van der Waals surface area contributed by atoms with Crippen molar-refractivity contribution in [2.75, 3.05) is 5.32 Å². The molecule has 0 spiro atoms. The SMILES string of the molecule is O=C(O)/C=C/c1cccc(NC(=O)c2ccc(=O)oc2)c1. The molecule has 1 aromatic carbocycles. The summed E-state index contributed by atoms with van der Waals surface area (Å²) in [5, 5.41) is 11.2. The quantitative estimate of drug-likeness (QED) is 0.837. The van der Waals surface area contributed by atoms with Crippen LogP contribution < -0.4 is 10.9 Å². The first kappa shape index (κ1) is 14.3. The summed E-state index contributed by atoms with van der Waals surface area (Å²) in [4.78, 5) is 33.2. The molecule has 6 heteroatoms. The number of rotatable bonds is 4. The van der Waals surface area contributed by atoms with Gasteiger partial charge in [0, 0.05) is 17.8 Å². The molecule has 0 saturated carbocycles. The van der Waals surface area contributed by atoms with Gasteiger partial charge in [-0.05, 0) is 29.8 Å². The van der Waals surface area contributed by atoms with Crippen LogP contribution in [0.15, 0.2) is 57.9 Å². The van der Waals surface area contributed by atoms with E-state index in [2.05, 4.69) is 9.73 Å². The van der Waals surface area contributed by atoms with E-state index < -0.39 is 17.5 Å². The summed E-state index contributed by atoms with van der Waals surface area (Å²) < 4.78 is 4.61. The number of amides is 1. The molecule has 0 fully saturated rings.